The molecular weight excluding hydrogens is 302 g/mol. The molecule has 0 saturated carbocycles. The van der Waals surface area contributed by atoms with Gasteiger partial charge >= 0.3 is 5.97 Å². The number of carboxylic acid groups (broad SMARTS) is 1. The van der Waals surface area contributed by atoms with Gasteiger partial charge in [-0.2, -0.15) is 0 Å². The fourth-order valence-electron chi connectivity index (χ4n) is 2.65. The molecule has 1 aromatic heterocycles. The van der Waals surface area contributed by atoms with E-state index in [9.17, 15) is 19.5 Å². The average Bonchev–Trinajstić information content (AvgIpc) is 3.16. The van der Waals surface area contributed by atoms with Crippen molar-refractivity contribution in [3.8, 4) is 0 Å². The number of imidazole rings is 1. The molecule has 0 bridgehead atoms. The van der Waals surface area contributed by atoms with Crippen LogP contribution in [0.5, 0.6) is 0 Å². The van der Waals surface area contributed by atoms with Crippen molar-refractivity contribution in [2.24, 2.45) is 5.73 Å². The third-order valence-electron chi connectivity index (χ3n) is 3.82. The summed E-state index contributed by atoms with van der Waals surface area (Å²) in [5, 5.41) is 11.8. The van der Waals surface area contributed by atoms with Crippen LogP contribution in [0.4, 0.5) is 0 Å². The van der Waals surface area contributed by atoms with Crippen molar-refractivity contribution >= 4 is 17.8 Å². The lowest BCUT2D eigenvalue weighted by molar-refractivity contribution is -0.144. The van der Waals surface area contributed by atoms with Crippen LogP contribution in [0.25, 0.3) is 0 Å². The molecule has 2 amide bonds. The van der Waals surface area contributed by atoms with Crippen molar-refractivity contribution in [3.63, 3.8) is 0 Å². The van der Waals surface area contributed by atoms with Gasteiger partial charge in [0.2, 0.25) is 11.8 Å². The van der Waals surface area contributed by atoms with Crippen molar-refractivity contribution in [1.29, 1.82) is 0 Å². The van der Waals surface area contributed by atoms with Crippen LogP contribution in [0.15, 0.2) is 12.5 Å². The number of aromatic amines is 1. The zero-order valence-corrected chi connectivity index (χ0v) is 12.9. The van der Waals surface area contributed by atoms with Gasteiger partial charge < -0.3 is 26.0 Å². The molecule has 1 aliphatic rings. The van der Waals surface area contributed by atoms with Crippen LogP contribution in [0, 0.1) is 0 Å². The molecule has 1 aliphatic heterocycles. The molecule has 23 heavy (non-hydrogen) atoms. The number of likely N-dealkylation sites (tertiary alicyclic amines) is 1. The van der Waals surface area contributed by atoms with E-state index in [0.29, 0.717) is 25.1 Å². The molecule has 126 valence electrons. The van der Waals surface area contributed by atoms with Gasteiger partial charge in [0.1, 0.15) is 12.1 Å². The highest BCUT2D eigenvalue weighted by molar-refractivity contribution is 5.92. The largest absolute Gasteiger partial charge is 0.480 e. The quantitative estimate of drug-likeness (QED) is 0.521. The summed E-state index contributed by atoms with van der Waals surface area (Å²) in [7, 11) is 0. The Balaban J connectivity index is 2.03. The Morgan fingerprint density at radius 1 is 1.57 bits per heavy atom. The highest BCUT2D eigenvalue weighted by atomic mass is 16.4. The van der Waals surface area contributed by atoms with Gasteiger partial charge in [-0.1, -0.05) is 0 Å². The lowest BCUT2D eigenvalue weighted by atomic mass is 10.1. The number of nitrogens with zero attached hydrogens (tertiary/aromatic N) is 2. The highest BCUT2D eigenvalue weighted by Gasteiger charge is 2.36. The van der Waals surface area contributed by atoms with Gasteiger partial charge in [-0.3, -0.25) is 9.59 Å². The SMILES string of the molecule is C[C@H](N)C(=O)N1CCC[C@H]1C(=O)N[C@@H](Cc1cnc[nH]1)C(=O)O. The summed E-state index contributed by atoms with van der Waals surface area (Å²) < 4.78 is 0. The summed E-state index contributed by atoms with van der Waals surface area (Å²) in [5.41, 5.74) is 6.19. The third kappa shape index (κ3) is 4.07. The first-order valence-corrected chi connectivity index (χ1v) is 7.46. The second-order valence-corrected chi connectivity index (χ2v) is 5.66. The average molecular weight is 323 g/mol. The minimum atomic E-state index is -1.14. The van der Waals surface area contributed by atoms with Gasteiger partial charge in [0.05, 0.1) is 12.4 Å². The van der Waals surface area contributed by atoms with E-state index < -0.39 is 30.0 Å². The second-order valence-electron chi connectivity index (χ2n) is 5.66. The normalized spacial score (nSPS) is 20.1. The minimum absolute atomic E-state index is 0.0923. The molecule has 1 aromatic rings. The molecule has 2 rings (SSSR count). The smallest absolute Gasteiger partial charge is 0.326 e. The number of H-pyrrole nitrogens is 1. The van der Waals surface area contributed by atoms with Gasteiger partial charge in [0, 0.05) is 24.9 Å². The Hall–Kier alpha value is -2.42. The van der Waals surface area contributed by atoms with E-state index in [2.05, 4.69) is 15.3 Å². The standard InChI is InChI=1S/C14H21N5O4/c1-8(15)13(21)19-4-2-3-11(19)12(20)18-10(14(22)23)5-9-6-16-7-17-9/h6-8,10-11H,2-5,15H2,1H3,(H,16,17)(H,18,20)(H,22,23)/t8-,10-,11-/m0/s1. The summed E-state index contributed by atoms with van der Waals surface area (Å²) in [6, 6.07) is -2.45. The van der Waals surface area contributed by atoms with Crippen LogP contribution in [-0.2, 0) is 20.8 Å². The monoisotopic (exact) mass is 323 g/mol. The van der Waals surface area contributed by atoms with E-state index in [0.717, 1.165) is 0 Å². The first-order valence-electron chi connectivity index (χ1n) is 7.46. The van der Waals surface area contributed by atoms with Crippen LogP contribution in [-0.4, -0.2) is 62.4 Å². The van der Waals surface area contributed by atoms with Crippen LogP contribution >= 0.6 is 0 Å². The summed E-state index contributed by atoms with van der Waals surface area (Å²) in [4.78, 5) is 43.8. The molecular formula is C14H21N5O4. The number of carbonyl (C=O) groups is 3. The predicted molar refractivity (Wildman–Crippen MR) is 80.2 cm³/mol. The van der Waals surface area contributed by atoms with E-state index in [1.54, 1.807) is 6.92 Å². The van der Waals surface area contributed by atoms with E-state index in [4.69, 9.17) is 5.73 Å². The highest BCUT2D eigenvalue weighted by Crippen LogP contribution is 2.18. The molecule has 9 heteroatoms. The van der Waals surface area contributed by atoms with Crippen molar-refractivity contribution < 1.29 is 19.5 Å². The maximum Gasteiger partial charge on any atom is 0.326 e. The number of nitrogens with two attached hydrogens (primary N) is 1. The number of aromatic nitrogens is 2. The first kappa shape index (κ1) is 16.9. The first-order chi connectivity index (χ1) is 10.9. The predicted octanol–water partition coefficient (Wildman–Crippen LogP) is -1.14. The van der Waals surface area contributed by atoms with E-state index >= 15 is 0 Å². The van der Waals surface area contributed by atoms with Gasteiger partial charge in [-0.15, -0.1) is 0 Å². The molecule has 0 aromatic carbocycles. The Labute approximate surface area is 133 Å². The molecule has 1 fully saturated rings. The molecule has 1 saturated heterocycles. The summed E-state index contributed by atoms with van der Waals surface area (Å²) in [6.45, 7) is 2.02. The zero-order chi connectivity index (χ0) is 17.0. The molecule has 0 aliphatic carbocycles. The summed E-state index contributed by atoms with van der Waals surface area (Å²) in [6.07, 6.45) is 4.23. The summed E-state index contributed by atoms with van der Waals surface area (Å²) in [5.74, 6) is -1.91. The molecule has 2 heterocycles. The van der Waals surface area contributed by atoms with Crippen molar-refractivity contribution in [3.05, 3.63) is 18.2 Å². The van der Waals surface area contributed by atoms with Crippen molar-refractivity contribution in [2.45, 2.75) is 44.3 Å². The van der Waals surface area contributed by atoms with Crippen LogP contribution < -0.4 is 11.1 Å². The number of carbonyl (C=O) groups excluding carboxylic acids is 2. The number of amides is 2. The third-order valence-corrected chi connectivity index (χ3v) is 3.82. The fourth-order valence-corrected chi connectivity index (χ4v) is 2.65. The summed E-state index contributed by atoms with van der Waals surface area (Å²) >= 11 is 0. The second kappa shape index (κ2) is 7.23. The maximum absolute atomic E-state index is 12.4. The van der Waals surface area contributed by atoms with Crippen molar-refractivity contribution in [2.75, 3.05) is 6.54 Å². The number of rotatable bonds is 6. The van der Waals surface area contributed by atoms with Crippen LogP contribution in [0.1, 0.15) is 25.5 Å². The lowest BCUT2D eigenvalue weighted by Crippen LogP contribution is -2.53. The zero-order valence-electron chi connectivity index (χ0n) is 12.9. The molecule has 0 radical (unpaired) electrons. The molecule has 0 unspecified atom stereocenters. The van der Waals surface area contributed by atoms with Crippen molar-refractivity contribution in [1.82, 2.24) is 20.2 Å². The minimum Gasteiger partial charge on any atom is -0.480 e. The fraction of sp³-hybridized carbons (Fsp3) is 0.571. The number of nitrogens with one attached hydrogen (secondary N) is 2. The van der Waals surface area contributed by atoms with Gasteiger partial charge in [-0.05, 0) is 19.8 Å². The Morgan fingerprint density at radius 2 is 2.30 bits per heavy atom. The Morgan fingerprint density at radius 3 is 2.87 bits per heavy atom. The Kier molecular flexibility index (Phi) is 5.32. The number of hydrogen-bond donors (Lipinski definition) is 4. The number of carboxylic acids is 1. The van der Waals surface area contributed by atoms with E-state index in [1.165, 1.54) is 17.4 Å². The van der Waals surface area contributed by atoms with Gasteiger partial charge in [0.25, 0.3) is 0 Å². The number of hydrogen-bond acceptors (Lipinski definition) is 5. The van der Waals surface area contributed by atoms with E-state index in [1.807, 2.05) is 0 Å². The van der Waals surface area contributed by atoms with Gasteiger partial charge in [0.15, 0.2) is 0 Å². The van der Waals surface area contributed by atoms with Crippen LogP contribution in [0.2, 0.25) is 0 Å². The van der Waals surface area contributed by atoms with E-state index in [-0.39, 0.29) is 12.3 Å². The molecule has 0 spiro atoms. The molecule has 9 nitrogen and oxygen atoms in total. The topological polar surface area (TPSA) is 141 Å². The van der Waals surface area contributed by atoms with Crippen LogP contribution in [0.3, 0.4) is 0 Å². The van der Waals surface area contributed by atoms with Gasteiger partial charge in [-0.25, -0.2) is 9.78 Å². The molecule has 5 N–H and O–H groups in total. The number of aliphatic carboxylic acids is 1. The maximum atomic E-state index is 12.4. The Bertz CT molecular complexity index is 572. The lowest BCUT2D eigenvalue weighted by Gasteiger charge is -2.26. The molecule has 3 atom stereocenters.